The molecule has 0 N–H and O–H groups in total. The van der Waals surface area contributed by atoms with E-state index in [9.17, 15) is 4.79 Å². The molecule has 0 saturated carbocycles. The van der Waals surface area contributed by atoms with Crippen LogP contribution in [0, 0.1) is 6.92 Å². The van der Waals surface area contributed by atoms with Gasteiger partial charge in [-0.05, 0) is 36.6 Å². The Balaban J connectivity index is 2.02. The highest BCUT2D eigenvalue weighted by Crippen LogP contribution is 2.13. The van der Waals surface area contributed by atoms with E-state index in [0.29, 0.717) is 18.8 Å². The number of rotatable bonds is 6. The number of furan rings is 1. The Morgan fingerprint density at radius 3 is 2.90 bits per heavy atom. The molecule has 4 heteroatoms. The van der Waals surface area contributed by atoms with Crippen molar-refractivity contribution in [3.8, 4) is 0 Å². The molecule has 0 saturated heterocycles. The Hall–Kier alpha value is -2.07. The topological polar surface area (TPSA) is 33.5 Å². The molecule has 2 heterocycles. The summed E-state index contributed by atoms with van der Waals surface area (Å²) < 4.78 is 5.40. The van der Waals surface area contributed by atoms with Crippen LogP contribution in [0.2, 0.25) is 0 Å². The molecule has 104 valence electrons. The van der Waals surface area contributed by atoms with Gasteiger partial charge in [-0.2, -0.15) is 0 Å². The van der Waals surface area contributed by atoms with Crippen molar-refractivity contribution in [2.24, 2.45) is 0 Å². The second kappa shape index (κ2) is 6.91. The van der Waals surface area contributed by atoms with Crippen molar-refractivity contribution < 1.29 is 9.21 Å². The lowest BCUT2D eigenvalue weighted by atomic mass is 10.3. The third-order valence-corrected chi connectivity index (χ3v) is 3.60. The summed E-state index contributed by atoms with van der Waals surface area (Å²) in [5, 5.41) is 2.01. The first-order valence-electron chi connectivity index (χ1n) is 6.36. The molecule has 2 rings (SSSR count). The molecule has 0 aliphatic carbocycles. The summed E-state index contributed by atoms with van der Waals surface area (Å²) in [6, 6.07) is 7.72. The third-order valence-electron chi connectivity index (χ3n) is 2.74. The van der Waals surface area contributed by atoms with Gasteiger partial charge in [-0.1, -0.05) is 12.1 Å². The zero-order chi connectivity index (χ0) is 14.4. The summed E-state index contributed by atoms with van der Waals surface area (Å²) >= 11 is 1.64. The van der Waals surface area contributed by atoms with E-state index in [1.54, 1.807) is 28.4 Å². The van der Waals surface area contributed by atoms with Crippen LogP contribution in [0.5, 0.6) is 0 Å². The summed E-state index contributed by atoms with van der Waals surface area (Å²) in [6.07, 6.45) is 4.96. The van der Waals surface area contributed by atoms with E-state index in [-0.39, 0.29) is 5.91 Å². The molecule has 1 amide bonds. The van der Waals surface area contributed by atoms with Crippen LogP contribution in [0.1, 0.15) is 16.4 Å². The van der Waals surface area contributed by atoms with E-state index in [4.69, 9.17) is 4.42 Å². The molecule has 0 atom stereocenters. The highest BCUT2D eigenvalue weighted by molar-refractivity contribution is 7.09. The van der Waals surface area contributed by atoms with Gasteiger partial charge in [0.25, 0.3) is 0 Å². The quantitative estimate of drug-likeness (QED) is 0.597. The molecule has 20 heavy (non-hydrogen) atoms. The Kier molecular flexibility index (Phi) is 4.96. The standard InChI is InChI=1S/C16H17NO2S/c1-3-10-17(12-15-5-4-11-20-15)16(18)9-8-14-7-6-13(2)19-14/h3-9,11H,1,10,12H2,2H3. The van der Waals surface area contributed by atoms with Crippen LogP contribution >= 0.6 is 11.3 Å². The maximum atomic E-state index is 12.2. The third kappa shape index (κ3) is 3.96. The molecule has 2 aromatic rings. The fourth-order valence-electron chi connectivity index (χ4n) is 1.78. The van der Waals surface area contributed by atoms with Gasteiger partial charge in [-0.15, -0.1) is 17.9 Å². The maximum Gasteiger partial charge on any atom is 0.247 e. The van der Waals surface area contributed by atoms with Crippen molar-refractivity contribution in [2.75, 3.05) is 6.54 Å². The molecule has 0 spiro atoms. The van der Waals surface area contributed by atoms with Crippen molar-refractivity contribution in [1.82, 2.24) is 4.90 Å². The summed E-state index contributed by atoms with van der Waals surface area (Å²) in [6.45, 7) is 6.70. The second-order valence-corrected chi connectivity index (χ2v) is 5.40. The Morgan fingerprint density at radius 2 is 2.30 bits per heavy atom. The molecule has 0 bridgehead atoms. The molecular weight excluding hydrogens is 270 g/mol. The molecule has 0 aliphatic heterocycles. The number of carbonyl (C=O) groups is 1. The summed E-state index contributed by atoms with van der Waals surface area (Å²) in [7, 11) is 0. The summed E-state index contributed by atoms with van der Waals surface area (Å²) in [4.78, 5) is 15.1. The van der Waals surface area contributed by atoms with E-state index in [2.05, 4.69) is 6.58 Å². The average Bonchev–Trinajstić information content (AvgIpc) is 3.07. The van der Waals surface area contributed by atoms with Gasteiger partial charge in [0, 0.05) is 17.5 Å². The van der Waals surface area contributed by atoms with Gasteiger partial charge in [0.1, 0.15) is 11.5 Å². The predicted molar refractivity (Wildman–Crippen MR) is 82.4 cm³/mol. The van der Waals surface area contributed by atoms with Crippen LogP contribution in [-0.4, -0.2) is 17.4 Å². The van der Waals surface area contributed by atoms with Gasteiger partial charge in [0.05, 0.1) is 6.54 Å². The Morgan fingerprint density at radius 1 is 1.45 bits per heavy atom. The van der Waals surface area contributed by atoms with E-state index in [1.165, 1.54) is 6.08 Å². The number of nitrogens with zero attached hydrogens (tertiary/aromatic N) is 1. The first-order chi connectivity index (χ1) is 9.69. The lowest BCUT2D eigenvalue weighted by Crippen LogP contribution is -2.28. The molecule has 0 fully saturated rings. The van der Waals surface area contributed by atoms with Gasteiger partial charge < -0.3 is 9.32 Å². The van der Waals surface area contributed by atoms with E-state index in [1.807, 2.05) is 36.6 Å². The molecule has 0 radical (unpaired) electrons. The average molecular weight is 287 g/mol. The highest BCUT2D eigenvalue weighted by atomic mass is 32.1. The summed E-state index contributed by atoms with van der Waals surface area (Å²) in [5.74, 6) is 1.47. The molecule has 0 unspecified atom stereocenters. The van der Waals surface area contributed by atoms with E-state index in [0.717, 1.165) is 10.6 Å². The lowest BCUT2D eigenvalue weighted by molar-refractivity contribution is -0.126. The number of hydrogen-bond donors (Lipinski definition) is 0. The number of hydrogen-bond acceptors (Lipinski definition) is 3. The summed E-state index contributed by atoms with van der Waals surface area (Å²) in [5.41, 5.74) is 0. The minimum absolute atomic E-state index is 0.0487. The van der Waals surface area contributed by atoms with Gasteiger partial charge in [-0.3, -0.25) is 4.79 Å². The highest BCUT2D eigenvalue weighted by Gasteiger charge is 2.10. The van der Waals surface area contributed by atoms with Gasteiger partial charge in [0.15, 0.2) is 0 Å². The van der Waals surface area contributed by atoms with Crippen molar-refractivity contribution in [3.05, 3.63) is 64.8 Å². The number of aryl methyl sites for hydroxylation is 1. The lowest BCUT2D eigenvalue weighted by Gasteiger charge is -2.18. The Labute approximate surface area is 122 Å². The van der Waals surface area contributed by atoms with Crippen molar-refractivity contribution >= 4 is 23.3 Å². The van der Waals surface area contributed by atoms with Crippen LogP contribution < -0.4 is 0 Å². The largest absolute Gasteiger partial charge is 0.462 e. The fraction of sp³-hybridized carbons (Fsp3) is 0.188. The van der Waals surface area contributed by atoms with Crippen molar-refractivity contribution in [2.45, 2.75) is 13.5 Å². The normalized spacial score (nSPS) is 10.8. The Bertz CT molecular complexity index is 596. The minimum atomic E-state index is -0.0487. The maximum absolute atomic E-state index is 12.2. The SMILES string of the molecule is C=CCN(Cc1cccs1)C(=O)C=Cc1ccc(C)o1. The number of carbonyl (C=O) groups excluding carboxylic acids is 1. The predicted octanol–water partition coefficient (Wildman–Crippen LogP) is 3.88. The number of amides is 1. The van der Waals surface area contributed by atoms with Crippen LogP contribution in [0.4, 0.5) is 0 Å². The van der Waals surface area contributed by atoms with Crippen LogP contribution in [0.3, 0.4) is 0 Å². The molecular formula is C16H17NO2S. The minimum Gasteiger partial charge on any atom is -0.462 e. The van der Waals surface area contributed by atoms with Gasteiger partial charge in [0.2, 0.25) is 5.91 Å². The smallest absolute Gasteiger partial charge is 0.247 e. The fourth-order valence-corrected chi connectivity index (χ4v) is 2.50. The van der Waals surface area contributed by atoms with E-state index >= 15 is 0 Å². The first-order valence-corrected chi connectivity index (χ1v) is 7.23. The molecule has 0 aliphatic rings. The molecule has 0 aromatic carbocycles. The van der Waals surface area contributed by atoms with Crippen LogP contribution in [0.15, 0.2) is 52.8 Å². The van der Waals surface area contributed by atoms with Crippen molar-refractivity contribution in [1.29, 1.82) is 0 Å². The van der Waals surface area contributed by atoms with Gasteiger partial charge >= 0.3 is 0 Å². The first kappa shape index (κ1) is 14.3. The van der Waals surface area contributed by atoms with Crippen LogP contribution in [0.25, 0.3) is 6.08 Å². The monoisotopic (exact) mass is 287 g/mol. The van der Waals surface area contributed by atoms with Crippen LogP contribution in [-0.2, 0) is 11.3 Å². The number of thiophene rings is 1. The van der Waals surface area contributed by atoms with Gasteiger partial charge in [-0.25, -0.2) is 0 Å². The molecule has 3 nitrogen and oxygen atoms in total. The second-order valence-electron chi connectivity index (χ2n) is 4.37. The van der Waals surface area contributed by atoms with Crippen molar-refractivity contribution in [3.63, 3.8) is 0 Å². The zero-order valence-corrected chi connectivity index (χ0v) is 12.2. The zero-order valence-electron chi connectivity index (χ0n) is 11.4. The molecule has 2 aromatic heterocycles. The van der Waals surface area contributed by atoms with E-state index < -0.39 is 0 Å².